The molecule has 0 fully saturated rings. The molecule has 0 spiro atoms. The molecule has 0 radical (unpaired) electrons. The monoisotopic (exact) mass is 302 g/mol. The van der Waals surface area contributed by atoms with E-state index in [1.54, 1.807) is 35.3 Å². The van der Waals surface area contributed by atoms with E-state index in [1.165, 1.54) is 4.88 Å². The molecule has 3 rings (SSSR count). The summed E-state index contributed by atoms with van der Waals surface area (Å²) < 4.78 is 1.55. The van der Waals surface area contributed by atoms with Crippen molar-refractivity contribution >= 4 is 33.4 Å². The Morgan fingerprint density at radius 2 is 2.29 bits per heavy atom. The summed E-state index contributed by atoms with van der Waals surface area (Å²) in [5.74, 6) is 0.536. The first kappa shape index (κ1) is 13.5. The van der Waals surface area contributed by atoms with Gasteiger partial charge in [0.05, 0.1) is 5.39 Å². The van der Waals surface area contributed by atoms with Gasteiger partial charge in [-0.3, -0.25) is 4.79 Å². The number of nitrogen functional groups attached to an aromatic ring is 1. The molecule has 0 atom stereocenters. The predicted octanol–water partition coefficient (Wildman–Crippen LogP) is 1.38. The Labute approximate surface area is 124 Å². The lowest BCUT2D eigenvalue weighted by atomic mass is 10.3. The number of carbonyl (C=O) groups is 1. The zero-order valence-corrected chi connectivity index (χ0v) is 12.4. The fourth-order valence-corrected chi connectivity index (χ4v) is 2.98. The molecule has 0 saturated carbocycles. The van der Waals surface area contributed by atoms with Gasteiger partial charge in [-0.2, -0.15) is 10.1 Å². The van der Waals surface area contributed by atoms with E-state index < -0.39 is 0 Å². The van der Waals surface area contributed by atoms with Gasteiger partial charge in [-0.15, -0.1) is 11.3 Å². The highest BCUT2D eigenvalue weighted by Crippen LogP contribution is 2.28. The fourth-order valence-electron chi connectivity index (χ4n) is 2.01. The SMILES string of the molecule is CCc1cc2c(-n3ccc(C(=O)NC)n3)nc(N)nc2s1. The molecule has 0 aliphatic carbocycles. The molecule has 0 unspecified atom stereocenters. The molecule has 0 aromatic carbocycles. The maximum atomic E-state index is 11.6. The van der Waals surface area contributed by atoms with E-state index in [4.69, 9.17) is 5.73 Å². The zero-order chi connectivity index (χ0) is 15.0. The molecule has 3 aromatic heterocycles. The number of thiophene rings is 1. The number of hydrogen-bond acceptors (Lipinski definition) is 6. The quantitative estimate of drug-likeness (QED) is 0.761. The number of carbonyl (C=O) groups excluding carboxylic acids is 1. The molecule has 7 nitrogen and oxygen atoms in total. The molecule has 8 heteroatoms. The van der Waals surface area contributed by atoms with Crippen LogP contribution in [-0.2, 0) is 6.42 Å². The summed E-state index contributed by atoms with van der Waals surface area (Å²) in [6, 6.07) is 3.67. The van der Waals surface area contributed by atoms with Gasteiger partial charge in [0.25, 0.3) is 5.91 Å². The lowest BCUT2D eigenvalue weighted by Gasteiger charge is -2.03. The van der Waals surface area contributed by atoms with Crippen molar-refractivity contribution in [3.8, 4) is 5.82 Å². The molecule has 3 N–H and O–H groups in total. The first-order chi connectivity index (χ1) is 10.1. The van der Waals surface area contributed by atoms with Gasteiger partial charge in [-0.25, -0.2) is 9.67 Å². The van der Waals surface area contributed by atoms with Gasteiger partial charge < -0.3 is 11.1 Å². The maximum absolute atomic E-state index is 11.6. The molecule has 3 aromatic rings. The molecule has 108 valence electrons. The van der Waals surface area contributed by atoms with Crippen LogP contribution in [0.2, 0.25) is 0 Å². The highest BCUT2D eigenvalue weighted by Gasteiger charge is 2.14. The third-order valence-corrected chi connectivity index (χ3v) is 4.23. The summed E-state index contributed by atoms with van der Waals surface area (Å²) >= 11 is 1.59. The summed E-state index contributed by atoms with van der Waals surface area (Å²) in [6.45, 7) is 2.08. The van der Waals surface area contributed by atoms with Crippen LogP contribution in [0.1, 0.15) is 22.3 Å². The second kappa shape index (κ2) is 5.13. The summed E-state index contributed by atoms with van der Waals surface area (Å²) in [7, 11) is 1.56. The number of aromatic nitrogens is 4. The van der Waals surface area contributed by atoms with E-state index >= 15 is 0 Å². The standard InChI is InChI=1S/C13H14N6OS/c1-3-7-6-8-10(16-13(14)17-12(8)21-7)19-5-4-9(18-19)11(20)15-2/h4-6H,3H2,1-2H3,(H,15,20)(H2,14,16,17). The minimum atomic E-state index is -0.244. The number of nitrogens with two attached hydrogens (primary N) is 1. The molecule has 0 aliphatic rings. The van der Waals surface area contributed by atoms with E-state index in [-0.39, 0.29) is 11.9 Å². The van der Waals surface area contributed by atoms with Crippen LogP contribution < -0.4 is 11.1 Å². The lowest BCUT2D eigenvalue weighted by molar-refractivity contribution is 0.0957. The second-order valence-corrected chi connectivity index (χ2v) is 5.53. The Hall–Kier alpha value is -2.48. The Morgan fingerprint density at radius 3 is 3.00 bits per heavy atom. The summed E-state index contributed by atoms with van der Waals surface area (Å²) in [6.07, 6.45) is 2.61. The number of nitrogens with one attached hydrogen (secondary N) is 1. The molecule has 0 bridgehead atoms. The normalized spacial score (nSPS) is 11.0. The van der Waals surface area contributed by atoms with E-state index in [0.717, 1.165) is 16.6 Å². The average molecular weight is 302 g/mol. The highest BCUT2D eigenvalue weighted by molar-refractivity contribution is 7.18. The van der Waals surface area contributed by atoms with Crippen molar-refractivity contribution in [2.45, 2.75) is 13.3 Å². The molecule has 21 heavy (non-hydrogen) atoms. The highest BCUT2D eigenvalue weighted by atomic mass is 32.1. The third kappa shape index (κ3) is 2.33. The van der Waals surface area contributed by atoms with Crippen molar-refractivity contribution in [3.63, 3.8) is 0 Å². The Morgan fingerprint density at radius 1 is 1.48 bits per heavy atom. The van der Waals surface area contributed by atoms with Crippen molar-refractivity contribution in [1.82, 2.24) is 25.1 Å². The molecule has 0 saturated heterocycles. The topological polar surface area (TPSA) is 98.7 Å². The number of hydrogen-bond donors (Lipinski definition) is 2. The summed E-state index contributed by atoms with van der Waals surface area (Å²) in [4.78, 5) is 22.1. The van der Waals surface area contributed by atoms with Gasteiger partial charge >= 0.3 is 0 Å². The number of nitrogens with zero attached hydrogens (tertiary/aromatic N) is 4. The second-order valence-electron chi connectivity index (χ2n) is 4.42. The van der Waals surface area contributed by atoms with Crippen LogP contribution in [0.4, 0.5) is 5.95 Å². The fraction of sp³-hybridized carbons (Fsp3) is 0.231. The van der Waals surface area contributed by atoms with Gasteiger partial charge in [0.2, 0.25) is 5.95 Å². The number of fused-ring (bicyclic) bond motifs is 1. The van der Waals surface area contributed by atoms with E-state index in [2.05, 4.69) is 27.3 Å². The molecule has 0 aliphatic heterocycles. The van der Waals surface area contributed by atoms with Crippen LogP contribution in [0, 0.1) is 0 Å². The van der Waals surface area contributed by atoms with Crippen molar-refractivity contribution in [3.05, 3.63) is 28.9 Å². The van der Waals surface area contributed by atoms with Crippen molar-refractivity contribution < 1.29 is 4.79 Å². The largest absolute Gasteiger partial charge is 0.368 e. The number of anilines is 1. The van der Waals surface area contributed by atoms with Crippen LogP contribution in [0.15, 0.2) is 18.3 Å². The first-order valence-electron chi connectivity index (χ1n) is 6.46. The predicted molar refractivity (Wildman–Crippen MR) is 81.7 cm³/mol. The van der Waals surface area contributed by atoms with Crippen molar-refractivity contribution in [1.29, 1.82) is 0 Å². The van der Waals surface area contributed by atoms with Crippen molar-refractivity contribution in [2.75, 3.05) is 12.8 Å². The zero-order valence-electron chi connectivity index (χ0n) is 11.6. The van der Waals surface area contributed by atoms with Gasteiger partial charge in [-0.1, -0.05) is 6.92 Å². The Bertz CT molecular complexity index is 821. The summed E-state index contributed by atoms with van der Waals surface area (Å²) in [5, 5.41) is 7.67. The van der Waals surface area contributed by atoms with Crippen molar-refractivity contribution in [2.24, 2.45) is 0 Å². The smallest absolute Gasteiger partial charge is 0.271 e. The number of aryl methyl sites for hydroxylation is 1. The average Bonchev–Trinajstić information content (AvgIpc) is 3.11. The van der Waals surface area contributed by atoms with Crippen LogP contribution in [0.3, 0.4) is 0 Å². The first-order valence-corrected chi connectivity index (χ1v) is 7.28. The van der Waals surface area contributed by atoms with Crippen LogP contribution in [-0.4, -0.2) is 32.7 Å². The van der Waals surface area contributed by atoms with Gasteiger partial charge in [0, 0.05) is 18.1 Å². The minimum Gasteiger partial charge on any atom is -0.368 e. The van der Waals surface area contributed by atoms with Gasteiger partial charge in [0.15, 0.2) is 11.5 Å². The number of amides is 1. The van der Waals surface area contributed by atoms with Crippen LogP contribution in [0.25, 0.3) is 16.0 Å². The third-order valence-electron chi connectivity index (χ3n) is 3.06. The molecular formula is C13H14N6OS. The molecular weight excluding hydrogens is 288 g/mol. The summed E-state index contributed by atoms with van der Waals surface area (Å²) in [5.41, 5.74) is 6.10. The van der Waals surface area contributed by atoms with Gasteiger partial charge in [-0.05, 0) is 18.6 Å². The van der Waals surface area contributed by atoms with E-state index in [0.29, 0.717) is 11.5 Å². The lowest BCUT2D eigenvalue weighted by Crippen LogP contribution is -2.18. The van der Waals surface area contributed by atoms with E-state index in [9.17, 15) is 4.79 Å². The minimum absolute atomic E-state index is 0.194. The van der Waals surface area contributed by atoms with E-state index in [1.807, 2.05) is 6.07 Å². The van der Waals surface area contributed by atoms with Crippen LogP contribution in [0.5, 0.6) is 0 Å². The number of rotatable bonds is 3. The Balaban J connectivity index is 2.16. The molecule has 1 amide bonds. The van der Waals surface area contributed by atoms with Gasteiger partial charge in [0.1, 0.15) is 4.83 Å². The molecule has 3 heterocycles. The maximum Gasteiger partial charge on any atom is 0.271 e. The Kier molecular flexibility index (Phi) is 3.30. The van der Waals surface area contributed by atoms with Crippen LogP contribution >= 0.6 is 11.3 Å².